The molecule has 0 N–H and O–H groups in total. The maximum Gasteiger partial charge on any atom is 0.133 e. The van der Waals surface area contributed by atoms with E-state index in [1.54, 1.807) is 0 Å². The zero-order chi connectivity index (χ0) is 10.7. The number of carbonyl (C=O) groups is 1. The van der Waals surface area contributed by atoms with Crippen molar-refractivity contribution >= 4 is 5.78 Å². The second-order valence-electron chi connectivity index (χ2n) is 4.72. The van der Waals surface area contributed by atoms with E-state index in [4.69, 9.17) is 9.47 Å². The number of rotatable bonds is 3. The van der Waals surface area contributed by atoms with Crippen LogP contribution in [0.5, 0.6) is 0 Å². The molecule has 2 unspecified atom stereocenters. The Morgan fingerprint density at radius 2 is 2.00 bits per heavy atom. The molecule has 1 aliphatic heterocycles. The van der Waals surface area contributed by atoms with Gasteiger partial charge in [0.2, 0.25) is 0 Å². The van der Waals surface area contributed by atoms with Crippen LogP contribution in [-0.4, -0.2) is 30.7 Å². The lowest BCUT2D eigenvalue weighted by Crippen LogP contribution is -2.26. The molecule has 0 bridgehead atoms. The standard InChI is InChI=1S/C12H20O3/c1-9-2-5-12(15-9)8-14-11-6-3-10(13)4-7-11/h9,11-12H,2-8H2,1H3. The maximum absolute atomic E-state index is 11.0. The molecule has 1 saturated heterocycles. The molecule has 86 valence electrons. The zero-order valence-electron chi connectivity index (χ0n) is 9.41. The third kappa shape index (κ3) is 3.28. The van der Waals surface area contributed by atoms with Gasteiger partial charge in [-0.2, -0.15) is 0 Å². The molecule has 3 nitrogen and oxygen atoms in total. The second-order valence-corrected chi connectivity index (χ2v) is 4.72. The highest BCUT2D eigenvalue weighted by Gasteiger charge is 2.24. The Morgan fingerprint density at radius 1 is 1.27 bits per heavy atom. The van der Waals surface area contributed by atoms with Gasteiger partial charge in [-0.05, 0) is 32.6 Å². The van der Waals surface area contributed by atoms with E-state index in [0.717, 1.165) is 25.7 Å². The van der Waals surface area contributed by atoms with Crippen molar-refractivity contribution in [1.29, 1.82) is 0 Å². The summed E-state index contributed by atoms with van der Waals surface area (Å²) in [4.78, 5) is 11.0. The average Bonchev–Trinajstić information content (AvgIpc) is 2.64. The first-order chi connectivity index (χ1) is 7.24. The smallest absolute Gasteiger partial charge is 0.133 e. The highest BCUT2D eigenvalue weighted by atomic mass is 16.5. The molecule has 0 amide bonds. The van der Waals surface area contributed by atoms with Crippen LogP contribution in [0, 0.1) is 0 Å². The minimum Gasteiger partial charge on any atom is -0.376 e. The summed E-state index contributed by atoms with van der Waals surface area (Å²) in [6, 6.07) is 0. The number of Topliss-reactive ketones (excluding diaryl/α,β-unsaturated/α-hetero) is 1. The Kier molecular flexibility index (Phi) is 3.76. The monoisotopic (exact) mass is 212 g/mol. The molecule has 0 aromatic heterocycles. The predicted octanol–water partition coefficient (Wildman–Crippen LogP) is 2.08. The van der Waals surface area contributed by atoms with E-state index < -0.39 is 0 Å². The number of carbonyl (C=O) groups excluding carboxylic acids is 1. The van der Waals surface area contributed by atoms with E-state index in [1.165, 1.54) is 0 Å². The Labute approximate surface area is 91.1 Å². The van der Waals surface area contributed by atoms with Crippen molar-refractivity contribution in [2.75, 3.05) is 6.61 Å². The Bertz CT molecular complexity index is 217. The minimum atomic E-state index is 0.289. The maximum atomic E-state index is 11.0. The van der Waals surface area contributed by atoms with Crippen LogP contribution in [0.15, 0.2) is 0 Å². The predicted molar refractivity (Wildman–Crippen MR) is 56.8 cm³/mol. The molecule has 15 heavy (non-hydrogen) atoms. The van der Waals surface area contributed by atoms with Crippen LogP contribution in [0.4, 0.5) is 0 Å². The van der Waals surface area contributed by atoms with Crippen molar-refractivity contribution in [3.8, 4) is 0 Å². The van der Waals surface area contributed by atoms with Crippen LogP contribution in [-0.2, 0) is 14.3 Å². The fourth-order valence-electron chi connectivity index (χ4n) is 2.33. The molecule has 0 radical (unpaired) electrons. The number of hydrogen-bond donors (Lipinski definition) is 0. The number of hydrogen-bond acceptors (Lipinski definition) is 3. The van der Waals surface area contributed by atoms with Gasteiger partial charge in [0, 0.05) is 12.8 Å². The average molecular weight is 212 g/mol. The number of ether oxygens (including phenoxy) is 2. The van der Waals surface area contributed by atoms with Gasteiger partial charge in [0.25, 0.3) is 0 Å². The lowest BCUT2D eigenvalue weighted by atomic mass is 9.96. The summed E-state index contributed by atoms with van der Waals surface area (Å²) in [5, 5.41) is 0. The van der Waals surface area contributed by atoms with Gasteiger partial charge in [-0.1, -0.05) is 0 Å². The Balaban J connectivity index is 1.63. The molecule has 3 heteroatoms. The van der Waals surface area contributed by atoms with Crippen molar-refractivity contribution in [2.24, 2.45) is 0 Å². The highest BCUT2D eigenvalue weighted by Crippen LogP contribution is 2.22. The summed E-state index contributed by atoms with van der Waals surface area (Å²) in [5.41, 5.74) is 0. The third-order valence-electron chi connectivity index (χ3n) is 3.33. The van der Waals surface area contributed by atoms with Crippen molar-refractivity contribution in [3.05, 3.63) is 0 Å². The van der Waals surface area contributed by atoms with Crippen LogP contribution in [0.2, 0.25) is 0 Å². The van der Waals surface area contributed by atoms with Crippen LogP contribution in [0.1, 0.15) is 45.4 Å². The summed E-state index contributed by atoms with van der Waals surface area (Å²) in [6.45, 7) is 2.82. The summed E-state index contributed by atoms with van der Waals surface area (Å²) in [5.74, 6) is 0.389. The largest absolute Gasteiger partial charge is 0.376 e. The van der Waals surface area contributed by atoms with Crippen LogP contribution < -0.4 is 0 Å². The van der Waals surface area contributed by atoms with Gasteiger partial charge < -0.3 is 9.47 Å². The lowest BCUT2D eigenvalue weighted by Gasteiger charge is -2.23. The van der Waals surface area contributed by atoms with E-state index in [9.17, 15) is 4.79 Å². The van der Waals surface area contributed by atoms with E-state index in [2.05, 4.69) is 6.92 Å². The lowest BCUT2D eigenvalue weighted by molar-refractivity contribution is -0.123. The molecule has 2 aliphatic rings. The van der Waals surface area contributed by atoms with Crippen LogP contribution >= 0.6 is 0 Å². The fourth-order valence-corrected chi connectivity index (χ4v) is 2.33. The summed E-state index contributed by atoms with van der Waals surface area (Å²) in [6.07, 6.45) is 6.46. The van der Waals surface area contributed by atoms with Crippen LogP contribution in [0.25, 0.3) is 0 Å². The molecule has 0 aromatic rings. The topological polar surface area (TPSA) is 35.5 Å². The number of ketones is 1. The SMILES string of the molecule is CC1CCC(COC2CCC(=O)CC2)O1. The quantitative estimate of drug-likeness (QED) is 0.718. The normalized spacial score (nSPS) is 33.5. The Hall–Kier alpha value is -0.410. The molecule has 1 saturated carbocycles. The van der Waals surface area contributed by atoms with E-state index in [-0.39, 0.29) is 6.10 Å². The third-order valence-corrected chi connectivity index (χ3v) is 3.33. The van der Waals surface area contributed by atoms with Gasteiger partial charge in [-0.15, -0.1) is 0 Å². The van der Waals surface area contributed by atoms with Crippen molar-refractivity contribution < 1.29 is 14.3 Å². The highest BCUT2D eigenvalue weighted by molar-refractivity contribution is 5.79. The van der Waals surface area contributed by atoms with Gasteiger partial charge in [0.15, 0.2) is 0 Å². The van der Waals surface area contributed by atoms with Crippen molar-refractivity contribution in [2.45, 2.75) is 63.8 Å². The summed E-state index contributed by atoms with van der Waals surface area (Å²) < 4.78 is 11.5. The fraction of sp³-hybridized carbons (Fsp3) is 0.917. The zero-order valence-corrected chi connectivity index (χ0v) is 9.41. The first-order valence-corrected chi connectivity index (χ1v) is 6.03. The first kappa shape index (κ1) is 11.1. The van der Waals surface area contributed by atoms with Gasteiger partial charge in [0.1, 0.15) is 5.78 Å². The molecule has 0 spiro atoms. The van der Waals surface area contributed by atoms with E-state index >= 15 is 0 Å². The summed E-state index contributed by atoms with van der Waals surface area (Å²) in [7, 11) is 0. The molecule has 2 fully saturated rings. The molecule has 1 aliphatic carbocycles. The van der Waals surface area contributed by atoms with Crippen molar-refractivity contribution in [1.82, 2.24) is 0 Å². The van der Waals surface area contributed by atoms with Gasteiger partial charge in [-0.3, -0.25) is 4.79 Å². The van der Waals surface area contributed by atoms with Gasteiger partial charge >= 0.3 is 0 Å². The molecule has 2 atom stereocenters. The van der Waals surface area contributed by atoms with E-state index in [0.29, 0.717) is 37.4 Å². The summed E-state index contributed by atoms with van der Waals surface area (Å²) >= 11 is 0. The van der Waals surface area contributed by atoms with Gasteiger partial charge in [0.05, 0.1) is 24.9 Å². The van der Waals surface area contributed by atoms with Crippen molar-refractivity contribution in [3.63, 3.8) is 0 Å². The molecular weight excluding hydrogens is 192 g/mol. The molecular formula is C12H20O3. The van der Waals surface area contributed by atoms with E-state index in [1.807, 2.05) is 0 Å². The molecule has 0 aromatic carbocycles. The first-order valence-electron chi connectivity index (χ1n) is 6.03. The minimum absolute atomic E-state index is 0.289. The molecule has 1 heterocycles. The Morgan fingerprint density at radius 3 is 2.60 bits per heavy atom. The second kappa shape index (κ2) is 5.08. The van der Waals surface area contributed by atoms with Gasteiger partial charge in [-0.25, -0.2) is 0 Å². The van der Waals surface area contributed by atoms with Crippen LogP contribution in [0.3, 0.4) is 0 Å². The molecule has 2 rings (SSSR count).